The quantitative estimate of drug-likeness (QED) is 0.253. The van der Waals surface area contributed by atoms with E-state index in [9.17, 15) is 0 Å². The van der Waals surface area contributed by atoms with Crippen molar-refractivity contribution in [3.63, 3.8) is 0 Å². The van der Waals surface area contributed by atoms with E-state index in [1.807, 2.05) is 0 Å². The van der Waals surface area contributed by atoms with Crippen LogP contribution >= 0.6 is 0 Å². The van der Waals surface area contributed by atoms with Gasteiger partial charge in [-0.25, -0.2) is 0 Å². The molecule has 0 atom stereocenters. The molecule has 0 bridgehead atoms. The fourth-order valence-corrected chi connectivity index (χ4v) is 4.04. The second-order valence-corrected chi connectivity index (χ2v) is 7.40. The van der Waals surface area contributed by atoms with Crippen molar-refractivity contribution < 1.29 is 46.5 Å². The van der Waals surface area contributed by atoms with Gasteiger partial charge in [-0.3, -0.25) is 0 Å². The fraction of sp³-hybridized carbons (Fsp3) is 0. The van der Waals surface area contributed by atoms with Crippen LogP contribution < -0.4 is 24.8 Å². The minimum Gasteiger partial charge on any atom is -1.00 e. The van der Waals surface area contributed by atoms with Crippen LogP contribution in [0.25, 0.3) is 43.8 Å². The zero-order valence-corrected chi connectivity index (χ0v) is 21.0. The Kier molecular flexibility index (Phi) is 10.2. The first-order chi connectivity index (χ1) is 14.9. The summed E-state index contributed by atoms with van der Waals surface area (Å²) >= 11 is 0. The zero-order valence-electron chi connectivity index (χ0n) is 18.0. The van der Waals surface area contributed by atoms with Crippen molar-refractivity contribution in [1.82, 2.24) is 0 Å². The first-order valence-corrected chi connectivity index (χ1v) is 10.3. The van der Waals surface area contributed by atoms with Gasteiger partial charge in [0.2, 0.25) is 0 Å². The predicted octanol–water partition coefficient (Wildman–Crippen LogP) is 2.46. The first kappa shape index (κ1) is 26.6. The Balaban J connectivity index is 0.000000214. The maximum atomic E-state index is 2.19. The molecule has 0 aliphatic heterocycles. The maximum Gasteiger partial charge on any atom is 4.00 e. The molecule has 0 aromatic heterocycles. The molecule has 0 unspecified atom stereocenters. The van der Waals surface area contributed by atoms with Crippen LogP contribution in [0.5, 0.6) is 0 Å². The third-order valence-electron chi connectivity index (χ3n) is 5.53. The van der Waals surface area contributed by atoms with Crippen LogP contribution in [0.1, 0.15) is 0 Å². The van der Waals surface area contributed by atoms with Crippen LogP contribution in [-0.4, -0.2) is 0 Å². The van der Waals surface area contributed by atoms with Gasteiger partial charge in [0.25, 0.3) is 0 Å². The summed E-state index contributed by atoms with van der Waals surface area (Å²) in [5.41, 5.74) is 5.23. The first-order valence-electron chi connectivity index (χ1n) is 10.3. The number of benzene rings is 4. The molecule has 0 aliphatic rings. The second-order valence-electron chi connectivity index (χ2n) is 7.40. The van der Waals surface area contributed by atoms with E-state index in [1.165, 1.54) is 43.8 Å². The molecule has 0 amide bonds. The Hall–Kier alpha value is -2.61. The minimum atomic E-state index is 0. The molecule has 160 valence electrons. The van der Waals surface area contributed by atoms with Gasteiger partial charge in [-0.15, -0.1) is 71.8 Å². The Morgan fingerprint density at radius 2 is 0.697 bits per heavy atom. The van der Waals surface area contributed by atoms with Crippen LogP contribution in [0.3, 0.4) is 0 Å². The van der Waals surface area contributed by atoms with E-state index in [0.717, 1.165) is 0 Å². The number of fused-ring (bicyclic) bond motifs is 2. The third kappa shape index (κ3) is 5.85. The molecule has 0 nitrogen and oxygen atoms in total. The van der Waals surface area contributed by atoms with Crippen molar-refractivity contribution >= 4 is 21.5 Å². The predicted molar refractivity (Wildman–Crippen MR) is 130 cm³/mol. The van der Waals surface area contributed by atoms with Crippen molar-refractivity contribution in [1.29, 1.82) is 0 Å². The standard InChI is InChI=1S/2C15H11.2ClH.Ti/c2*1-2-6-12(7-3-1)15-11-10-13-8-4-5-9-14(13)15;;;/h2*1-11H;2*1H;/q2*-1;;;+4/p-2. The van der Waals surface area contributed by atoms with Gasteiger partial charge < -0.3 is 24.8 Å². The summed E-state index contributed by atoms with van der Waals surface area (Å²) in [6.45, 7) is 0. The Labute approximate surface area is 222 Å². The van der Waals surface area contributed by atoms with Crippen LogP contribution in [0, 0.1) is 0 Å². The van der Waals surface area contributed by atoms with Crippen LogP contribution in [0.4, 0.5) is 0 Å². The summed E-state index contributed by atoms with van der Waals surface area (Å²) in [6, 6.07) is 46.8. The largest absolute Gasteiger partial charge is 4.00 e. The summed E-state index contributed by atoms with van der Waals surface area (Å²) in [5, 5.41) is 5.31. The molecule has 3 heteroatoms. The minimum absolute atomic E-state index is 0. The summed E-state index contributed by atoms with van der Waals surface area (Å²) in [6.07, 6.45) is 0. The van der Waals surface area contributed by atoms with Crippen LogP contribution in [0.2, 0.25) is 0 Å². The van der Waals surface area contributed by atoms with Gasteiger partial charge in [0.05, 0.1) is 0 Å². The van der Waals surface area contributed by atoms with Gasteiger partial charge in [0, 0.05) is 0 Å². The molecule has 0 fully saturated rings. The van der Waals surface area contributed by atoms with E-state index in [4.69, 9.17) is 0 Å². The summed E-state index contributed by atoms with van der Waals surface area (Å²) in [5.74, 6) is 0. The number of hydrogen-bond donors (Lipinski definition) is 0. The molecule has 0 N–H and O–H groups in total. The molecule has 0 heterocycles. The van der Waals surface area contributed by atoms with Crippen molar-refractivity contribution in [3.05, 3.63) is 133 Å². The Morgan fingerprint density at radius 3 is 1.09 bits per heavy atom. The van der Waals surface area contributed by atoms with Crippen molar-refractivity contribution in [2.75, 3.05) is 0 Å². The zero-order chi connectivity index (χ0) is 20.2. The number of hydrogen-bond acceptors (Lipinski definition) is 0. The normalized spacial score (nSPS) is 9.70. The molecule has 6 rings (SSSR count). The van der Waals surface area contributed by atoms with Crippen molar-refractivity contribution in [3.8, 4) is 22.3 Å². The van der Waals surface area contributed by atoms with E-state index in [1.54, 1.807) is 0 Å². The van der Waals surface area contributed by atoms with Gasteiger partial charge >= 0.3 is 21.7 Å². The summed E-state index contributed by atoms with van der Waals surface area (Å²) < 4.78 is 0. The van der Waals surface area contributed by atoms with E-state index >= 15 is 0 Å². The van der Waals surface area contributed by atoms with Gasteiger partial charge in [-0.05, 0) is 0 Å². The second kappa shape index (κ2) is 12.6. The SMILES string of the molecule is [Cl-].[Cl-].[Ti+4].c1ccc(-[c-]2ccc3ccccc32)cc1.c1ccc(-[c-]2ccc3ccccc32)cc1. The van der Waals surface area contributed by atoms with E-state index in [0.29, 0.717) is 0 Å². The van der Waals surface area contributed by atoms with Crippen LogP contribution in [0.15, 0.2) is 133 Å². The number of rotatable bonds is 2. The molecule has 6 aromatic carbocycles. The van der Waals surface area contributed by atoms with Gasteiger partial charge in [0.15, 0.2) is 0 Å². The molecule has 0 saturated carbocycles. The fourth-order valence-electron chi connectivity index (χ4n) is 4.04. The third-order valence-corrected chi connectivity index (χ3v) is 5.53. The Morgan fingerprint density at radius 1 is 0.364 bits per heavy atom. The Bertz CT molecular complexity index is 1270. The molecule has 0 radical (unpaired) electrons. The van der Waals surface area contributed by atoms with Crippen molar-refractivity contribution in [2.45, 2.75) is 0 Å². The molecular weight excluding hydrogens is 479 g/mol. The summed E-state index contributed by atoms with van der Waals surface area (Å²) in [4.78, 5) is 0. The van der Waals surface area contributed by atoms with E-state index in [-0.39, 0.29) is 46.5 Å². The molecular formula is C30H22Cl2Ti. The maximum absolute atomic E-state index is 2.19. The van der Waals surface area contributed by atoms with Crippen molar-refractivity contribution in [2.24, 2.45) is 0 Å². The molecule has 0 spiro atoms. The van der Waals surface area contributed by atoms with Gasteiger partial charge in [0.1, 0.15) is 0 Å². The molecule has 0 aliphatic carbocycles. The average Bonchev–Trinajstić information content (AvgIpc) is 3.45. The summed E-state index contributed by atoms with van der Waals surface area (Å²) in [7, 11) is 0. The molecule has 0 saturated heterocycles. The average molecular weight is 501 g/mol. The number of halogens is 2. The van der Waals surface area contributed by atoms with Gasteiger partial charge in [-0.2, -0.15) is 0 Å². The smallest absolute Gasteiger partial charge is 1.00 e. The van der Waals surface area contributed by atoms with Gasteiger partial charge in [-0.1, -0.05) is 105 Å². The van der Waals surface area contributed by atoms with E-state index in [2.05, 4.69) is 133 Å². The van der Waals surface area contributed by atoms with E-state index < -0.39 is 0 Å². The molecule has 6 aromatic rings. The van der Waals surface area contributed by atoms with Crippen LogP contribution in [-0.2, 0) is 21.7 Å². The topological polar surface area (TPSA) is 0 Å². The molecule has 33 heavy (non-hydrogen) atoms. The monoisotopic (exact) mass is 500 g/mol.